The van der Waals surface area contributed by atoms with Crippen LogP contribution in [-0.2, 0) is 0 Å². The Morgan fingerprint density at radius 3 is 1.15 bits per heavy atom. The lowest BCUT2D eigenvalue weighted by Crippen LogP contribution is -2.10. The molecule has 0 saturated heterocycles. The summed E-state index contributed by atoms with van der Waals surface area (Å²) in [5, 5.41) is -1.08. The van der Waals surface area contributed by atoms with E-state index in [-0.39, 0.29) is 49.4 Å². The van der Waals surface area contributed by atoms with Gasteiger partial charge in [-0.05, 0) is 86.9 Å². The standard InChI is InChI=1S/C57H37N5/c1-3-17-38(18-4-1)40-31-33-41(34-32-40)45-21-7-8-22-46(45)43-35-42(39-19-5-2-6-20-39)36-44(37-43)55-58-56(61-51-27-13-9-23-47(51)48-24-10-14-28-52(48)61)60-57(59-55)62-53-29-15-11-25-49(53)50-26-12-16-30-54(50)62/h1-37H/i9D,10D,11D,12D,13D,14D,15D,16D,23D,24D,25D,26D,27D,28D,29D,30D. The summed E-state index contributed by atoms with van der Waals surface area (Å²) in [6, 6.07) is 30.5. The molecule has 5 nitrogen and oxygen atoms in total. The fraction of sp³-hybridized carbons (Fsp3) is 0. The van der Waals surface area contributed by atoms with Crippen LogP contribution in [0.25, 0.3) is 111 Å². The predicted octanol–water partition coefficient (Wildman–Crippen LogP) is 14.4. The number of hydrogen-bond donors (Lipinski definition) is 0. The second-order valence-corrected chi connectivity index (χ2v) is 14.5. The highest BCUT2D eigenvalue weighted by molar-refractivity contribution is 6.10. The Balaban J connectivity index is 1.24. The fourth-order valence-corrected chi connectivity index (χ4v) is 8.09. The van der Waals surface area contributed by atoms with Crippen LogP contribution in [0.15, 0.2) is 224 Å². The van der Waals surface area contributed by atoms with Crippen molar-refractivity contribution >= 4 is 43.6 Å². The lowest BCUT2D eigenvalue weighted by Gasteiger charge is -2.16. The van der Waals surface area contributed by atoms with Crippen LogP contribution < -0.4 is 0 Å². The van der Waals surface area contributed by atoms with Gasteiger partial charge < -0.3 is 0 Å². The van der Waals surface area contributed by atoms with E-state index < -0.39 is 109 Å². The molecule has 0 fully saturated rings. The van der Waals surface area contributed by atoms with Gasteiger partial charge in [0.15, 0.2) is 5.82 Å². The van der Waals surface area contributed by atoms with Crippen molar-refractivity contribution < 1.29 is 21.9 Å². The van der Waals surface area contributed by atoms with Crippen LogP contribution >= 0.6 is 0 Å². The largest absolute Gasteiger partial charge is 0.278 e. The van der Waals surface area contributed by atoms with Gasteiger partial charge in [-0.25, -0.2) is 0 Å². The highest BCUT2D eigenvalue weighted by Crippen LogP contribution is 2.39. The molecule has 12 aromatic rings. The molecule has 0 unspecified atom stereocenters. The quantitative estimate of drug-likeness (QED) is 0.161. The fourth-order valence-electron chi connectivity index (χ4n) is 8.09. The third-order valence-electron chi connectivity index (χ3n) is 10.9. The molecule has 9 aromatic carbocycles. The van der Waals surface area contributed by atoms with E-state index in [9.17, 15) is 5.48 Å². The first kappa shape index (κ1) is 22.8. The van der Waals surface area contributed by atoms with Crippen molar-refractivity contribution in [2.24, 2.45) is 0 Å². The Labute approximate surface area is 381 Å². The minimum absolute atomic E-state index is 0.160. The molecule has 62 heavy (non-hydrogen) atoms. The number of hydrogen-bond acceptors (Lipinski definition) is 3. The SMILES string of the molecule is [2H]c1c([2H])c([2H])c2c(c1[2H])c1c([2H])c([2H])c([2H])c([2H])c1n2-c1nc(-c2cc(-c3ccccc3)cc(-c3ccccc3-c3ccc(-c4ccccc4)cc3)c2)nc(-n2c3c([2H])c([2H])c([2H])c([2H])c3c3c([2H])c([2H])c([2H])c([2H])c32)n1. The van der Waals surface area contributed by atoms with Crippen LogP contribution in [-0.4, -0.2) is 24.1 Å². The molecule has 0 aliphatic rings. The predicted molar refractivity (Wildman–Crippen MR) is 256 cm³/mol. The van der Waals surface area contributed by atoms with Crippen molar-refractivity contribution in [3.05, 3.63) is 224 Å². The Kier molecular flexibility index (Phi) is 5.41. The van der Waals surface area contributed by atoms with Crippen molar-refractivity contribution in [3.63, 3.8) is 0 Å². The molecule has 0 aliphatic heterocycles. The van der Waals surface area contributed by atoms with Crippen LogP contribution in [0.3, 0.4) is 0 Å². The van der Waals surface area contributed by atoms with Crippen molar-refractivity contribution in [1.29, 1.82) is 0 Å². The van der Waals surface area contributed by atoms with E-state index in [1.165, 1.54) is 0 Å². The second kappa shape index (κ2) is 14.7. The normalized spacial score (nSPS) is 15.2. The number of aromatic nitrogens is 5. The van der Waals surface area contributed by atoms with Gasteiger partial charge in [0.05, 0.1) is 44.0 Å². The molecule has 3 aromatic heterocycles. The van der Waals surface area contributed by atoms with Crippen LogP contribution in [0.1, 0.15) is 21.9 Å². The van der Waals surface area contributed by atoms with E-state index in [1.807, 2.05) is 121 Å². The Bertz CT molecular complexity index is 4230. The van der Waals surface area contributed by atoms with E-state index in [1.54, 1.807) is 6.07 Å². The van der Waals surface area contributed by atoms with Crippen molar-refractivity contribution in [2.75, 3.05) is 0 Å². The third kappa shape index (κ3) is 5.98. The van der Waals surface area contributed by atoms with E-state index in [0.717, 1.165) is 42.5 Å². The smallest absolute Gasteiger partial charge is 0.240 e. The van der Waals surface area contributed by atoms with Gasteiger partial charge in [0, 0.05) is 27.1 Å². The van der Waals surface area contributed by atoms with Gasteiger partial charge in [-0.15, -0.1) is 0 Å². The summed E-state index contributed by atoms with van der Waals surface area (Å²) in [7, 11) is 0. The molecule has 0 N–H and O–H groups in total. The van der Waals surface area contributed by atoms with E-state index >= 15 is 0 Å². The minimum atomic E-state index is -0.704. The summed E-state index contributed by atoms with van der Waals surface area (Å²) < 4.78 is 146. The molecule has 290 valence electrons. The summed E-state index contributed by atoms with van der Waals surface area (Å²) in [5.74, 6) is -1.12. The van der Waals surface area contributed by atoms with Gasteiger partial charge in [-0.3, -0.25) is 9.13 Å². The van der Waals surface area contributed by atoms with Crippen molar-refractivity contribution in [3.8, 4) is 67.8 Å². The first-order valence-electron chi connectivity index (χ1n) is 27.6. The number of benzene rings is 9. The molecule has 5 heteroatoms. The van der Waals surface area contributed by atoms with E-state index in [0.29, 0.717) is 16.7 Å². The average molecular weight is 808 g/mol. The van der Waals surface area contributed by atoms with Crippen LogP contribution in [0.5, 0.6) is 0 Å². The van der Waals surface area contributed by atoms with Crippen LogP contribution in [0.2, 0.25) is 0 Å². The molecule has 3 heterocycles. The zero-order valence-corrected chi connectivity index (χ0v) is 32.4. The molecule has 0 atom stereocenters. The molecule has 0 radical (unpaired) electrons. The van der Waals surface area contributed by atoms with Crippen molar-refractivity contribution in [1.82, 2.24) is 24.1 Å². The van der Waals surface area contributed by atoms with E-state index in [4.69, 9.17) is 31.4 Å². The summed E-state index contributed by atoms with van der Waals surface area (Å²) in [6.45, 7) is 0. The number of fused-ring (bicyclic) bond motifs is 6. The maximum absolute atomic E-state index is 9.33. The minimum Gasteiger partial charge on any atom is -0.278 e. The summed E-state index contributed by atoms with van der Waals surface area (Å²) >= 11 is 0. The third-order valence-corrected chi connectivity index (χ3v) is 10.9. The lowest BCUT2D eigenvalue weighted by molar-refractivity contribution is 0.893. The van der Waals surface area contributed by atoms with Gasteiger partial charge in [-0.1, -0.05) is 182 Å². The number of para-hydroxylation sites is 4. The molecule has 0 aliphatic carbocycles. The van der Waals surface area contributed by atoms with Gasteiger partial charge in [0.1, 0.15) is 0 Å². The Morgan fingerprint density at radius 1 is 0.306 bits per heavy atom. The second-order valence-electron chi connectivity index (χ2n) is 14.5. The number of rotatable bonds is 7. The highest BCUT2D eigenvalue weighted by Gasteiger charge is 2.21. The highest BCUT2D eigenvalue weighted by atomic mass is 15.3. The molecule has 0 saturated carbocycles. The molecule has 12 rings (SSSR count). The van der Waals surface area contributed by atoms with Gasteiger partial charge in [0.25, 0.3) is 0 Å². The first-order valence-corrected chi connectivity index (χ1v) is 19.6. The molecule has 0 bridgehead atoms. The van der Waals surface area contributed by atoms with Gasteiger partial charge in [0.2, 0.25) is 11.9 Å². The molecule has 0 amide bonds. The molecular formula is C57H37N5. The van der Waals surface area contributed by atoms with E-state index in [2.05, 4.69) is 0 Å². The summed E-state index contributed by atoms with van der Waals surface area (Å²) in [4.78, 5) is 14.9. The summed E-state index contributed by atoms with van der Waals surface area (Å²) in [5.41, 5.74) is 5.77. The maximum atomic E-state index is 9.33. The van der Waals surface area contributed by atoms with Crippen molar-refractivity contribution in [2.45, 2.75) is 0 Å². The lowest BCUT2D eigenvalue weighted by atomic mass is 9.90. The van der Waals surface area contributed by atoms with Crippen LogP contribution in [0, 0.1) is 0 Å². The van der Waals surface area contributed by atoms with Gasteiger partial charge >= 0.3 is 0 Å². The Morgan fingerprint density at radius 2 is 0.661 bits per heavy atom. The maximum Gasteiger partial charge on any atom is 0.240 e. The van der Waals surface area contributed by atoms with Gasteiger partial charge in [-0.2, -0.15) is 15.0 Å². The first-order chi connectivity index (χ1) is 37.4. The summed E-state index contributed by atoms with van der Waals surface area (Å²) in [6.07, 6.45) is 0. The van der Waals surface area contributed by atoms with Crippen LogP contribution in [0.4, 0.5) is 0 Å². The monoisotopic (exact) mass is 807 g/mol. The number of nitrogens with zero attached hydrogens (tertiary/aromatic N) is 5. The topological polar surface area (TPSA) is 48.5 Å². The molecule has 0 spiro atoms. The zero-order valence-electron chi connectivity index (χ0n) is 48.4. The molecular weight excluding hydrogens is 755 g/mol. The Hall–Kier alpha value is -8.41. The zero-order chi connectivity index (χ0) is 54.9. The average Bonchev–Trinajstić information content (AvgIpc) is 4.26.